The summed E-state index contributed by atoms with van der Waals surface area (Å²) in [6.07, 6.45) is 2.44. The Kier molecular flexibility index (Phi) is 2.95. The Morgan fingerprint density at radius 1 is 1.35 bits per heavy atom. The third-order valence-corrected chi connectivity index (χ3v) is 2.76. The van der Waals surface area contributed by atoms with E-state index < -0.39 is 5.97 Å². The highest BCUT2D eigenvalue weighted by atomic mass is 16.4. The molecule has 1 aromatic carbocycles. The van der Waals surface area contributed by atoms with Crippen LogP contribution in [-0.2, 0) is 17.8 Å². The summed E-state index contributed by atoms with van der Waals surface area (Å²) in [6.45, 7) is 1.75. The molecule has 0 bridgehead atoms. The van der Waals surface area contributed by atoms with Crippen molar-refractivity contribution in [3.05, 3.63) is 46.4 Å². The molecule has 17 heavy (non-hydrogen) atoms. The zero-order valence-electron chi connectivity index (χ0n) is 9.51. The molecule has 0 amide bonds. The normalized spacial score (nSPS) is 10.6. The summed E-state index contributed by atoms with van der Waals surface area (Å²) in [7, 11) is 0. The molecular formula is C13H13NO3. The van der Waals surface area contributed by atoms with Crippen molar-refractivity contribution in [3.8, 4) is 0 Å². The molecule has 2 aromatic rings. The van der Waals surface area contributed by atoms with E-state index in [0.717, 1.165) is 17.4 Å². The number of nitrogens with zero attached hydrogens (tertiary/aromatic N) is 1. The molecule has 1 N–H and O–H groups in total. The maximum atomic E-state index is 12.0. The van der Waals surface area contributed by atoms with Gasteiger partial charge in [-0.1, -0.05) is 19.1 Å². The van der Waals surface area contributed by atoms with Gasteiger partial charge in [-0.3, -0.25) is 9.59 Å². The zero-order chi connectivity index (χ0) is 12.4. The van der Waals surface area contributed by atoms with Crippen LogP contribution < -0.4 is 5.56 Å². The van der Waals surface area contributed by atoms with Gasteiger partial charge >= 0.3 is 5.97 Å². The first-order valence-corrected chi connectivity index (χ1v) is 5.45. The molecule has 88 valence electrons. The van der Waals surface area contributed by atoms with Gasteiger partial charge in [-0.05, 0) is 29.5 Å². The van der Waals surface area contributed by atoms with Crippen LogP contribution in [0.5, 0.6) is 0 Å². The van der Waals surface area contributed by atoms with Crippen LogP contribution >= 0.6 is 0 Å². The third-order valence-electron chi connectivity index (χ3n) is 2.76. The molecule has 0 fully saturated rings. The van der Waals surface area contributed by atoms with Crippen molar-refractivity contribution >= 4 is 16.7 Å². The van der Waals surface area contributed by atoms with Gasteiger partial charge in [-0.2, -0.15) is 0 Å². The van der Waals surface area contributed by atoms with Gasteiger partial charge in [0, 0.05) is 11.6 Å². The van der Waals surface area contributed by atoms with Gasteiger partial charge in [0.2, 0.25) is 0 Å². The van der Waals surface area contributed by atoms with Crippen LogP contribution in [0.3, 0.4) is 0 Å². The number of pyridine rings is 1. The Morgan fingerprint density at radius 2 is 2.12 bits per heavy atom. The van der Waals surface area contributed by atoms with Gasteiger partial charge in [0.05, 0.1) is 0 Å². The van der Waals surface area contributed by atoms with E-state index in [1.807, 2.05) is 19.1 Å². The molecular weight excluding hydrogens is 218 g/mol. The van der Waals surface area contributed by atoms with Crippen molar-refractivity contribution in [1.82, 2.24) is 4.57 Å². The lowest BCUT2D eigenvalue weighted by molar-refractivity contribution is -0.137. The maximum absolute atomic E-state index is 12.0. The van der Waals surface area contributed by atoms with Crippen LogP contribution in [0.15, 0.2) is 35.3 Å². The monoisotopic (exact) mass is 231 g/mol. The lowest BCUT2D eigenvalue weighted by atomic mass is 10.1. The van der Waals surface area contributed by atoms with Crippen molar-refractivity contribution in [3.63, 3.8) is 0 Å². The topological polar surface area (TPSA) is 59.3 Å². The first-order valence-electron chi connectivity index (χ1n) is 5.45. The smallest absolute Gasteiger partial charge is 0.323 e. The standard InChI is InChI=1S/C13H13NO3/c1-2-9-3-4-11-10(7-9)5-6-14(13(11)17)8-12(15)16/h3-7H,2,8H2,1H3,(H,15,16). The summed E-state index contributed by atoms with van der Waals surface area (Å²) in [5.74, 6) is -1.02. The number of hydrogen-bond donors (Lipinski definition) is 1. The predicted octanol–water partition coefficient (Wildman–Crippen LogP) is 1.65. The van der Waals surface area contributed by atoms with E-state index in [-0.39, 0.29) is 12.1 Å². The van der Waals surface area contributed by atoms with E-state index in [9.17, 15) is 9.59 Å². The number of hydrogen-bond acceptors (Lipinski definition) is 2. The van der Waals surface area contributed by atoms with E-state index in [4.69, 9.17) is 5.11 Å². The fourth-order valence-electron chi connectivity index (χ4n) is 1.83. The molecule has 0 spiro atoms. The van der Waals surface area contributed by atoms with Crippen molar-refractivity contribution < 1.29 is 9.90 Å². The predicted molar refractivity (Wildman–Crippen MR) is 65.2 cm³/mol. The van der Waals surface area contributed by atoms with Crippen molar-refractivity contribution in [2.24, 2.45) is 0 Å². The Bertz CT molecular complexity index is 628. The van der Waals surface area contributed by atoms with E-state index in [1.54, 1.807) is 12.1 Å². The quantitative estimate of drug-likeness (QED) is 0.873. The molecule has 0 saturated heterocycles. The lowest BCUT2D eigenvalue weighted by Gasteiger charge is -2.05. The van der Waals surface area contributed by atoms with E-state index >= 15 is 0 Å². The summed E-state index contributed by atoms with van der Waals surface area (Å²) >= 11 is 0. The molecule has 4 nitrogen and oxygen atoms in total. The molecule has 0 aliphatic rings. The summed E-state index contributed by atoms with van der Waals surface area (Å²) in [5.41, 5.74) is 0.903. The number of carboxylic acids is 1. The second-order valence-electron chi connectivity index (χ2n) is 3.92. The number of rotatable bonds is 3. The number of aryl methyl sites for hydroxylation is 1. The van der Waals surface area contributed by atoms with Crippen LogP contribution in [0.25, 0.3) is 10.8 Å². The molecule has 0 aliphatic carbocycles. The number of aromatic nitrogens is 1. The summed E-state index contributed by atoms with van der Waals surface area (Å²) < 4.78 is 1.20. The Labute approximate surface area is 98.1 Å². The van der Waals surface area contributed by atoms with Crippen LogP contribution in [-0.4, -0.2) is 15.6 Å². The second-order valence-corrected chi connectivity index (χ2v) is 3.92. The first-order chi connectivity index (χ1) is 8.11. The Morgan fingerprint density at radius 3 is 2.76 bits per heavy atom. The number of carbonyl (C=O) groups is 1. The van der Waals surface area contributed by atoms with Crippen LogP contribution in [0.1, 0.15) is 12.5 Å². The largest absolute Gasteiger partial charge is 0.480 e. The molecule has 1 heterocycles. The number of fused-ring (bicyclic) bond motifs is 1. The van der Waals surface area contributed by atoms with E-state index in [0.29, 0.717) is 5.39 Å². The SMILES string of the molecule is CCc1ccc2c(=O)n(CC(=O)O)ccc2c1. The van der Waals surface area contributed by atoms with Gasteiger partial charge < -0.3 is 9.67 Å². The van der Waals surface area contributed by atoms with Gasteiger partial charge in [0.25, 0.3) is 5.56 Å². The van der Waals surface area contributed by atoms with Crippen molar-refractivity contribution in [1.29, 1.82) is 0 Å². The summed E-state index contributed by atoms with van der Waals surface area (Å²) in [6, 6.07) is 7.39. The molecule has 0 saturated carbocycles. The minimum atomic E-state index is -1.02. The van der Waals surface area contributed by atoms with Crippen molar-refractivity contribution in [2.75, 3.05) is 0 Å². The molecule has 0 unspecified atom stereocenters. The highest BCUT2D eigenvalue weighted by Crippen LogP contribution is 2.12. The number of carboxylic acid groups (broad SMARTS) is 1. The van der Waals surface area contributed by atoms with Crippen LogP contribution in [0, 0.1) is 0 Å². The first kappa shape index (κ1) is 11.4. The fourth-order valence-corrected chi connectivity index (χ4v) is 1.83. The fraction of sp³-hybridized carbons (Fsp3) is 0.231. The molecule has 0 atom stereocenters. The number of aliphatic carboxylic acids is 1. The van der Waals surface area contributed by atoms with Gasteiger partial charge in [-0.25, -0.2) is 0 Å². The van der Waals surface area contributed by atoms with Gasteiger partial charge in [-0.15, -0.1) is 0 Å². The van der Waals surface area contributed by atoms with Gasteiger partial charge in [0.1, 0.15) is 6.54 Å². The molecule has 0 aliphatic heterocycles. The minimum Gasteiger partial charge on any atom is -0.480 e. The highest BCUT2D eigenvalue weighted by molar-refractivity contribution is 5.82. The average Bonchev–Trinajstić information content (AvgIpc) is 2.32. The van der Waals surface area contributed by atoms with Crippen LogP contribution in [0.2, 0.25) is 0 Å². The highest BCUT2D eigenvalue weighted by Gasteiger charge is 2.05. The number of benzene rings is 1. The van der Waals surface area contributed by atoms with E-state index in [1.165, 1.54) is 10.8 Å². The molecule has 2 rings (SSSR count). The summed E-state index contributed by atoms with van der Waals surface area (Å²) in [5, 5.41) is 10.1. The average molecular weight is 231 g/mol. The molecule has 1 aromatic heterocycles. The lowest BCUT2D eigenvalue weighted by Crippen LogP contribution is -2.23. The third kappa shape index (κ3) is 2.20. The Hall–Kier alpha value is -2.10. The molecule has 0 radical (unpaired) electrons. The zero-order valence-corrected chi connectivity index (χ0v) is 9.51. The van der Waals surface area contributed by atoms with Gasteiger partial charge in [0.15, 0.2) is 0 Å². The molecule has 4 heteroatoms. The Balaban J connectivity index is 2.60. The maximum Gasteiger partial charge on any atom is 0.323 e. The summed E-state index contributed by atoms with van der Waals surface area (Å²) in [4.78, 5) is 22.6. The van der Waals surface area contributed by atoms with Crippen LogP contribution in [0.4, 0.5) is 0 Å². The second kappa shape index (κ2) is 4.41. The minimum absolute atomic E-state index is 0.257. The van der Waals surface area contributed by atoms with E-state index in [2.05, 4.69) is 0 Å². The van der Waals surface area contributed by atoms with Crippen molar-refractivity contribution in [2.45, 2.75) is 19.9 Å².